The Bertz CT molecular complexity index is 502. The van der Waals surface area contributed by atoms with Crippen molar-refractivity contribution in [1.82, 2.24) is 5.32 Å². The molecule has 0 saturated heterocycles. The van der Waals surface area contributed by atoms with E-state index >= 15 is 0 Å². The second kappa shape index (κ2) is 5.74. The Hall–Kier alpha value is -1.36. The van der Waals surface area contributed by atoms with Gasteiger partial charge >= 0.3 is 0 Å². The summed E-state index contributed by atoms with van der Waals surface area (Å²) in [6.45, 7) is 3.29. The maximum Gasteiger partial charge on any atom is 0.254 e. The molecular formula is C14H20N2O2S. The number of nitrogens with one attached hydrogen (secondary N) is 1. The van der Waals surface area contributed by atoms with Gasteiger partial charge in [-0.3, -0.25) is 9.59 Å². The molecule has 1 aliphatic carbocycles. The lowest BCUT2D eigenvalue weighted by atomic mass is 9.95. The third-order valence-corrected chi connectivity index (χ3v) is 4.88. The number of thiophene rings is 1. The molecule has 1 amide bonds. The van der Waals surface area contributed by atoms with Gasteiger partial charge in [-0.25, -0.2) is 0 Å². The summed E-state index contributed by atoms with van der Waals surface area (Å²) in [6.07, 6.45) is 5.66. The SMILES string of the molecule is CC(=O)c1sc(N)c(C(=O)NC2CCCCC2)c1C. The highest BCUT2D eigenvalue weighted by molar-refractivity contribution is 7.18. The predicted molar refractivity (Wildman–Crippen MR) is 77.8 cm³/mol. The maximum absolute atomic E-state index is 12.3. The third-order valence-electron chi connectivity index (χ3n) is 3.66. The van der Waals surface area contributed by atoms with Crippen molar-refractivity contribution in [3.05, 3.63) is 16.0 Å². The minimum absolute atomic E-state index is 0.0362. The third kappa shape index (κ3) is 2.97. The van der Waals surface area contributed by atoms with Gasteiger partial charge in [-0.1, -0.05) is 19.3 Å². The average molecular weight is 280 g/mol. The Labute approximate surface area is 117 Å². The van der Waals surface area contributed by atoms with Crippen LogP contribution in [-0.2, 0) is 0 Å². The van der Waals surface area contributed by atoms with Crippen molar-refractivity contribution in [3.63, 3.8) is 0 Å². The van der Waals surface area contributed by atoms with Crippen LogP contribution in [-0.4, -0.2) is 17.7 Å². The van der Waals surface area contributed by atoms with E-state index < -0.39 is 0 Å². The molecule has 0 bridgehead atoms. The zero-order valence-electron chi connectivity index (χ0n) is 11.4. The number of hydrogen-bond donors (Lipinski definition) is 2. The first kappa shape index (κ1) is 14.1. The van der Waals surface area contributed by atoms with Crippen molar-refractivity contribution in [2.75, 3.05) is 5.73 Å². The first-order valence-corrected chi connectivity index (χ1v) is 7.53. The second-order valence-corrected chi connectivity index (χ2v) is 6.21. The van der Waals surface area contributed by atoms with E-state index in [-0.39, 0.29) is 17.7 Å². The second-order valence-electron chi connectivity index (χ2n) is 5.16. The quantitative estimate of drug-likeness (QED) is 0.836. The van der Waals surface area contributed by atoms with E-state index in [1.54, 1.807) is 6.92 Å². The van der Waals surface area contributed by atoms with Gasteiger partial charge in [0.2, 0.25) is 0 Å². The number of nitrogens with two attached hydrogens (primary N) is 1. The van der Waals surface area contributed by atoms with Crippen molar-refractivity contribution in [2.45, 2.75) is 52.0 Å². The molecule has 0 aliphatic heterocycles. The standard InChI is InChI=1S/C14H20N2O2S/c1-8-11(13(15)19-12(8)9(2)17)14(18)16-10-6-4-3-5-7-10/h10H,3-7,15H2,1-2H3,(H,16,18). The summed E-state index contributed by atoms with van der Waals surface area (Å²) in [4.78, 5) is 24.4. The minimum atomic E-state index is -0.134. The van der Waals surface area contributed by atoms with E-state index in [9.17, 15) is 9.59 Å². The summed E-state index contributed by atoms with van der Waals surface area (Å²) in [6, 6.07) is 0.251. The molecule has 0 aromatic carbocycles. The molecule has 0 unspecified atom stereocenters. The van der Waals surface area contributed by atoms with Gasteiger partial charge in [0.1, 0.15) is 0 Å². The summed E-state index contributed by atoms with van der Waals surface area (Å²) in [5, 5.41) is 3.49. The number of hydrogen-bond acceptors (Lipinski definition) is 4. The number of nitrogen functional groups attached to an aromatic ring is 1. The molecule has 5 heteroatoms. The molecule has 1 saturated carbocycles. The molecule has 3 N–H and O–H groups in total. The monoisotopic (exact) mass is 280 g/mol. The van der Waals surface area contributed by atoms with Crippen LogP contribution in [0.15, 0.2) is 0 Å². The van der Waals surface area contributed by atoms with Crippen molar-refractivity contribution in [2.24, 2.45) is 0 Å². The van der Waals surface area contributed by atoms with Crippen LogP contribution >= 0.6 is 11.3 Å². The highest BCUT2D eigenvalue weighted by atomic mass is 32.1. The van der Waals surface area contributed by atoms with Crippen LogP contribution in [0.5, 0.6) is 0 Å². The van der Waals surface area contributed by atoms with Crippen molar-refractivity contribution < 1.29 is 9.59 Å². The van der Waals surface area contributed by atoms with Crippen LogP contribution in [0.4, 0.5) is 5.00 Å². The van der Waals surface area contributed by atoms with Crippen LogP contribution in [0.2, 0.25) is 0 Å². The molecule has 1 aromatic rings. The Morgan fingerprint density at radius 3 is 2.42 bits per heavy atom. The lowest BCUT2D eigenvalue weighted by Gasteiger charge is -2.22. The largest absolute Gasteiger partial charge is 0.390 e. The molecule has 1 aromatic heterocycles. The molecule has 1 aliphatic rings. The van der Waals surface area contributed by atoms with E-state index in [1.165, 1.54) is 37.5 Å². The summed E-state index contributed by atoms with van der Waals surface area (Å²) >= 11 is 1.21. The Morgan fingerprint density at radius 2 is 1.89 bits per heavy atom. The van der Waals surface area contributed by atoms with E-state index in [4.69, 9.17) is 5.73 Å². The van der Waals surface area contributed by atoms with Crippen LogP contribution in [0, 0.1) is 6.92 Å². The summed E-state index contributed by atoms with van der Waals surface area (Å²) in [5.74, 6) is -0.170. The zero-order chi connectivity index (χ0) is 14.0. The first-order chi connectivity index (χ1) is 9.00. The lowest BCUT2D eigenvalue weighted by Crippen LogP contribution is -2.36. The molecule has 4 nitrogen and oxygen atoms in total. The minimum Gasteiger partial charge on any atom is -0.390 e. The molecule has 0 atom stereocenters. The van der Waals surface area contributed by atoms with Gasteiger partial charge in [-0.05, 0) is 32.3 Å². The summed E-state index contributed by atoms with van der Waals surface area (Å²) < 4.78 is 0. The predicted octanol–water partition coefficient (Wildman–Crippen LogP) is 2.90. The smallest absolute Gasteiger partial charge is 0.254 e. The molecule has 1 heterocycles. The first-order valence-electron chi connectivity index (χ1n) is 6.71. The highest BCUT2D eigenvalue weighted by Gasteiger charge is 2.24. The van der Waals surface area contributed by atoms with Crippen LogP contribution in [0.1, 0.15) is 64.6 Å². The fourth-order valence-corrected chi connectivity index (χ4v) is 3.63. The topological polar surface area (TPSA) is 72.2 Å². The molecule has 19 heavy (non-hydrogen) atoms. The Morgan fingerprint density at radius 1 is 1.26 bits per heavy atom. The number of rotatable bonds is 3. The molecular weight excluding hydrogens is 260 g/mol. The number of anilines is 1. The van der Waals surface area contributed by atoms with E-state index in [0.29, 0.717) is 21.0 Å². The van der Waals surface area contributed by atoms with Gasteiger partial charge in [0.25, 0.3) is 5.91 Å². The van der Waals surface area contributed by atoms with E-state index in [2.05, 4.69) is 5.32 Å². The Balaban J connectivity index is 2.16. The lowest BCUT2D eigenvalue weighted by molar-refractivity contribution is 0.0928. The fourth-order valence-electron chi connectivity index (χ4n) is 2.66. The van der Waals surface area contributed by atoms with Gasteiger partial charge in [0.05, 0.1) is 15.4 Å². The van der Waals surface area contributed by atoms with Gasteiger partial charge in [-0.2, -0.15) is 0 Å². The zero-order valence-corrected chi connectivity index (χ0v) is 12.2. The highest BCUT2D eigenvalue weighted by Crippen LogP contribution is 2.31. The number of carbonyl (C=O) groups is 2. The molecule has 0 radical (unpaired) electrons. The fraction of sp³-hybridized carbons (Fsp3) is 0.571. The van der Waals surface area contributed by atoms with Crippen LogP contribution in [0.25, 0.3) is 0 Å². The van der Waals surface area contributed by atoms with Gasteiger partial charge in [0, 0.05) is 6.04 Å². The van der Waals surface area contributed by atoms with Gasteiger partial charge < -0.3 is 11.1 Å². The number of Topliss-reactive ketones (excluding diaryl/α,β-unsaturated/α-hetero) is 1. The number of carbonyl (C=O) groups excluding carboxylic acids is 2. The molecule has 1 fully saturated rings. The van der Waals surface area contributed by atoms with E-state index in [0.717, 1.165) is 12.8 Å². The molecule has 104 valence electrons. The van der Waals surface area contributed by atoms with Crippen molar-refractivity contribution >= 4 is 28.0 Å². The van der Waals surface area contributed by atoms with E-state index in [1.807, 2.05) is 0 Å². The van der Waals surface area contributed by atoms with Gasteiger partial charge in [-0.15, -0.1) is 11.3 Å². The number of ketones is 1. The normalized spacial score (nSPS) is 16.3. The van der Waals surface area contributed by atoms with Crippen molar-refractivity contribution in [3.8, 4) is 0 Å². The summed E-state index contributed by atoms with van der Waals surface area (Å²) in [5.41, 5.74) is 7.09. The molecule has 0 spiro atoms. The average Bonchev–Trinajstić information content (AvgIpc) is 2.66. The number of amides is 1. The summed E-state index contributed by atoms with van der Waals surface area (Å²) in [7, 11) is 0. The van der Waals surface area contributed by atoms with Crippen molar-refractivity contribution in [1.29, 1.82) is 0 Å². The molecule has 2 rings (SSSR count). The van der Waals surface area contributed by atoms with Crippen LogP contribution in [0.3, 0.4) is 0 Å². The van der Waals surface area contributed by atoms with Crippen LogP contribution < -0.4 is 11.1 Å². The Kier molecular flexibility index (Phi) is 4.24. The maximum atomic E-state index is 12.3. The van der Waals surface area contributed by atoms with Gasteiger partial charge in [0.15, 0.2) is 5.78 Å².